The van der Waals surface area contributed by atoms with E-state index >= 15 is 0 Å². The summed E-state index contributed by atoms with van der Waals surface area (Å²) in [4.78, 5) is 13.4. The molecule has 0 unspecified atom stereocenters. The van der Waals surface area contributed by atoms with Gasteiger partial charge < -0.3 is 29.4 Å². The van der Waals surface area contributed by atoms with E-state index in [1.54, 1.807) is 31.4 Å². The third kappa shape index (κ3) is 8.06. The van der Waals surface area contributed by atoms with Gasteiger partial charge in [0.15, 0.2) is 23.0 Å². The highest BCUT2D eigenvalue weighted by Crippen LogP contribution is 2.41. The number of aryl methyl sites for hydroxylation is 1. The molecule has 0 saturated carbocycles. The van der Waals surface area contributed by atoms with Gasteiger partial charge in [0.2, 0.25) is 5.91 Å². The quantitative estimate of drug-likeness (QED) is 0.132. The number of nitrogens with one attached hydrogen (secondary N) is 1. The van der Waals surface area contributed by atoms with Gasteiger partial charge >= 0.3 is 0 Å². The van der Waals surface area contributed by atoms with Crippen molar-refractivity contribution in [3.63, 3.8) is 0 Å². The molecule has 0 bridgehead atoms. The first kappa shape index (κ1) is 28.2. The van der Waals surface area contributed by atoms with Crippen LogP contribution in [0.1, 0.15) is 31.9 Å². The minimum atomic E-state index is -2.15. The van der Waals surface area contributed by atoms with E-state index in [9.17, 15) is 9.90 Å². The Kier molecular flexibility index (Phi) is 9.91. The van der Waals surface area contributed by atoms with Crippen molar-refractivity contribution in [2.45, 2.75) is 32.7 Å². The zero-order chi connectivity index (χ0) is 34.6. The van der Waals surface area contributed by atoms with Crippen LogP contribution in [0.3, 0.4) is 0 Å². The highest BCUT2D eigenvalue weighted by atomic mass is 16.5. The molecular formula is C39H39NO6. The Morgan fingerprint density at radius 1 is 0.739 bits per heavy atom. The van der Waals surface area contributed by atoms with Gasteiger partial charge in [-0.25, -0.2) is 0 Å². The Labute approximate surface area is 274 Å². The van der Waals surface area contributed by atoms with Crippen LogP contribution in [0.4, 0.5) is 0 Å². The number of hydrogen-bond acceptors (Lipinski definition) is 6. The Morgan fingerprint density at radius 3 is 1.98 bits per heavy atom. The Balaban J connectivity index is 1.37. The second kappa shape index (κ2) is 16.2. The maximum absolute atomic E-state index is 13.4. The molecular weight excluding hydrogens is 578 g/mol. The highest BCUT2D eigenvalue weighted by Gasteiger charge is 2.19. The van der Waals surface area contributed by atoms with E-state index in [-0.39, 0.29) is 38.0 Å². The van der Waals surface area contributed by atoms with Crippen molar-refractivity contribution in [1.82, 2.24) is 5.32 Å². The van der Waals surface area contributed by atoms with Crippen molar-refractivity contribution in [3.05, 3.63) is 143 Å². The molecule has 2 N–H and O–H groups in total. The van der Waals surface area contributed by atoms with E-state index in [4.69, 9.17) is 23.1 Å². The lowest BCUT2D eigenvalue weighted by atomic mass is 9.96. The van der Waals surface area contributed by atoms with Crippen molar-refractivity contribution < 1.29 is 33.0 Å². The predicted molar refractivity (Wildman–Crippen MR) is 179 cm³/mol. The van der Waals surface area contributed by atoms with Crippen molar-refractivity contribution in [2.24, 2.45) is 0 Å². The van der Waals surface area contributed by atoms with Crippen LogP contribution in [0, 0.1) is 0 Å². The molecule has 5 aromatic carbocycles. The standard InChI is InChI=1S/C39H39NO6/c1-43-34-20-19-32(33(25-41)38(34)46-27-29-14-8-4-9-15-29)24-36(42)40-23-22-31-18-21-35(45-26-28-12-6-3-7-13-28)39(44-2)37(31)30-16-10-5-11-17-30/h3-21,41H,22-27H2,1-2H3,(H,40,42)/i1D,23D2. The smallest absolute Gasteiger partial charge is 0.224 e. The normalized spacial score (nSPS) is 11.9. The third-order valence-corrected chi connectivity index (χ3v) is 7.43. The first-order valence-corrected chi connectivity index (χ1v) is 14.9. The molecule has 0 aromatic heterocycles. The summed E-state index contributed by atoms with van der Waals surface area (Å²) in [5.74, 6) is 0.902. The number of rotatable bonds is 15. The number of methoxy groups -OCH3 is 2. The predicted octanol–water partition coefficient (Wildman–Crippen LogP) is 6.92. The van der Waals surface area contributed by atoms with E-state index in [0.29, 0.717) is 40.4 Å². The molecule has 0 aliphatic rings. The van der Waals surface area contributed by atoms with Gasteiger partial charge in [-0.1, -0.05) is 103 Å². The molecule has 236 valence electrons. The second-order valence-corrected chi connectivity index (χ2v) is 10.5. The van der Waals surface area contributed by atoms with E-state index in [2.05, 4.69) is 5.32 Å². The topological polar surface area (TPSA) is 86.3 Å². The maximum Gasteiger partial charge on any atom is 0.224 e. The van der Waals surface area contributed by atoms with Crippen LogP contribution in [-0.2, 0) is 37.5 Å². The molecule has 0 saturated heterocycles. The summed E-state index contributed by atoms with van der Waals surface area (Å²) in [7, 11) is 1.19. The monoisotopic (exact) mass is 620 g/mol. The molecule has 0 radical (unpaired) electrons. The average molecular weight is 621 g/mol. The lowest BCUT2D eigenvalue weighted by Gasteiger charge is -2.19. The second-order valence-electron chi connectivity index (χ2n) is 10.5. The van der Waals surface area contributed by atoms with Crippen molar-refractivity contribution in [1.29, 1.82) is 0 Å². The van der Waals surface area contributed by atoms with Gasteiger partial charge in [-0.15, -0.1) is 0 Å². The minimum absolute atomic E-state index is 0.160. The van der Waals surface area contributed by atoms with Crippen LogP contribution < -0.4 is 24.3 Å². The average Bonchev–Trinajstić information content (AvgIpc) is 3.11. The van der Waals surface area contributed by atoms with E-state index < -0.39 is 19.0 Å². The fourth-order valence-corrected chi connectivity index (χ4v) is 5.17. The summed E-state index contributed by atoms with van der Waals surface area (Å²) in [6, 6.07) is 35.5. The van der Waals surface area contributed by atoms with Crippen LogP contribution in [0.5, 0.6) is 23.0 Å². The van der Waals surface area contributed by atoms with Gasteiger partial charge in [0.1, 0.15) is 13.2 Å². The van der Waals surface area contributed by atoms with Gasteiger partial charge in [-0.05, 0) is 46.4 Å². The molecule has 5 rings (SSSR count). The molecule has 0 aliphatic heterocycles. The number of aliphatic hydroxyl groups excluding tert-OH is 1. The summed E-state index contributed by atoms with van der Waals surface area (Å²) in [6.07, 6.45) is -0.383. The van der Waals surface area contributed by atoms with Gasteiger partial charge in [-0.2, -0.15) is 0 Å². The third-order valence-electron chi connectivity index (χ3n) is 7.43. The molecule has 0 spiro atoms. The number of carbonyl (C=O) groups is 1. The highest BCUT2D eigenvalue weighted by molar-refractivity contribution is 5.80. The van der Waals surface area contributed by atoms with E-state index in [1.807, 2.05) is 91.0 Å². The number of aliphatic hydroxyl groups is 1. The van der Waals surface area contributed by atoms with Crippen molar-refractivity contribution >= 4 is 5.91 Å². The summed E-state index contributed by atoms with van der Waals surface area (Å²) < 4.78 is 48.7. The summed E-state index contributed by atoms with van der Waals surface area (Å²) in [5, 5.41) is 12.9. The van der Waals surface area contributed by atoms with Crippen LogP contribution in [-0.4, -0.2) is 31.7 Å². The molecule has 7 nitrogen and oxygen atoms in total. The Morgan fingerprint density at radius 2 is 1.35 bits per heavy atom. The first-order valence-electron chi connectivity index (χ1n) is 16.6. The van der Waals surface area contributed by atoms with Crippen molar-refractivity contribution in [3.8, 4) is 34.1 Å². The van der Waals surface area contributed by atoms with Crippen LogP contribution in [0.2, 0.25) is 0 Å². The molecule has 0 heterocycles. The molecule has 1 amide bonds. The molecule has 7 heteroatoms. The molecule has 0 atom stereocenters. The zero-order valence-corrected chi connectivity index (χ0v) is 25.7. The molecule has 5 aromatic rings. The first-order chi connectivity index (χ1) is 23.8. The summed E-state index contributed by atoms with van der Waals surface area (Å²) >= 11 is 0. The maximum atomic E-state index is 13.4. The van der Waals surface area contributed by atoms with Crippen LogP contribution in [0.15, 0.2) is 115 Å². The van der Waals surface area contributed by atoms with Gasteiger partial charge in [0, 0.05) is 20.4 Å². The fourth-order valence-electron chi connectivity index (χ4n) is 5.17. The lowest BCUT2D eigenvalue weighted by molar-refractivity contribution is -0.120. The number of carbonyl (C=O) groups excluding carboxylic acids is 1. The lowest BCUT2D eigenvalue weighted by Crippen LogP contribution is -2.27. The van der Waals surface area contributed by atoms with Gasteiger partial charge in [0.25, 0.3) is 0 Å². The molecule has 46 heavy (non-hydrogen) atoms. The Bertz CT molecular complexity index is 1820. The summed E-state index contributed by atoms with van der Waals surface area (Å²) in [6.45, 7) is -2.09. The van der Waals surface area contributed by atoms with E-state index in [0.717, 1.165) is 16.7 Å². The number of benzene rings is 5. The minimum Gasteiger partial charge on any atom is -0.493 e. The summed E-state index contributed by atoms with van der Waals surface area (Å²) in [5.41, 5.74) is 4.76. The van der Waals surface area contributed by atoms with Gasteiger partial charge in [-0.3, -0.25) is 4.79 Å². The number of hydrogen-bond donors (Lipinski definition) is 2. The number of amides is 1. The van der Waals surface area contributed by atoms with Crippen molar-refractivity contribution in [2.75, 3.05) is 20.7 Å². The van der Waals surface area contributed by atoms with Crippen LogP contribution in [0.25, 0.3) is 11.1 Å². The van der Waals surface area contributed by atoms with Gasteiger partial charge in [0.05, 0.1) is 28.6 Å². The van der Waals surface area contributed by atoms with E-state index in [1.165, 1.54) is 0 Å². The zero-order valence-electron chi connectivity index (χ0n) is 28.7. The Hall–Kier alpha value is -5.27. The fraction of sp³-hybridized carbons (Fsp3) is 0.205. The molecule has 0 fully saturated rings. The largest absolute Gasteiger partial charge is 0.493 e. The number of ether oxygens (including phenoxy) is 4. The molecule has 0 aliphatic carbocycles. The SMILES string of the molecule is [2H]COc1ccc(CC(=O)NC([2H])([2H])Cc2ccc(OCc3ccccc3)c(OC)c2-c2ccccc2)c(CO)c1OCc1ccccc1. The van der Waals surface area contributed by atoms with Crippen LogP contribution >= 0.6 is 0 Å².